The van der Waals surface area contributed by atoms with Crippen LogP contribution in [0.2, 0.25) is 0 Å². The number of ether oxygens (including phenoxy) is 4. The number of esters is 4. The molecule has 0 amide bonds. The van der Waals surface area contributed by atoms with Gasteiger partial charge < -0.3 is 33.8 Å². The second-order valence-corrected chi connectivity index (χ2v) is 33.7. The van der Waals surface area contributed by atoms with E-state index in [-0.39, 0.29) is 25.7 Å². The molecule has 0 aromatic carbocycles. The van der Waals surface area contributed by atoms with Crippen molar-refractivity contribution in [2.45, 2.75) is 433 Å². The van der Waals surface area contributed by atoms with Crippen molar-refractivity contribution in [3.8, 4) is 0 Å². The van der Waals surface area contributed by atoms with E-state index < -0.39 is 97.5 Å². The number of phosphoric acid groups is 2. The summed E-state index contributed by atoms with van der Waals surface area (Å²) in [6.07, 6.45) is 57.2. The molecule has 100 heavy (non-hydrogen) atoms. The molecule has 0 rings (SSSR count). The Labute approximate surface area is 613 Å². The summed E-state index contributed by atoms with van der Waals surface area (Å²) in [5, 5.41) is 10.6. The molecule has 0 aliphatic heterocycles. The zero-order valence-electron chi connectivity index (χ0n) is 65.8. The summed E-state index contributed by atoms with van der Waals surface area (Å²) in [5.41, 5.74) is 0. The molecule has 3 N–H and O–H groups in total. The van der Waals surface area contributed by atoms with Crippen LogP contribution in [0.5, 0.6) is 0 Å². The van der Waals surface area contributed by atoms with E-state index in [1.54, 1.807) is 0 Å². The standard InChI is InChI=1S/C81H158O17P2/c1-9-74(8)60-52-44-35-28-24-20-16-12-10-11-13-17-22-26-30-37-47-55-63-80(85)97-77(68-92-79(84)62-54-46-40-39-43-51-59-73(6)7)70-96-100(89,90)94-66-75(82)65-93-99(87,88)95-69-76(98-81(86)64-56-48-38-32-31-34-42-50-58-72(4)5)67-91-78(83)61-53-45-36-29-25-21-18-14-15-19-23-27-33-41-49-57-71(2)3/h71-77,82H,9-70H2,1-8H3,(H,87,88)(H,89,90)/t74?,75-,76-,77-/m1/s1. The lowest BCUT2D eigenvalue weighted by Crippen LogP contribution is -2.30. The minimum atomic E-state index is -4.96. The molecule has 0 aliphatic carbocycles. The number of rotatable bonds is 78. The summed E-state index contributed by atoms with van der Waals surface area (Å²) in [7, 11) is -9.92. The maximum atomic E-state index is 13.1. The van der Waals surface area contributed by atoms with Gasteiger partial charge in [0.15, 0.2) is 12.2 Å². The van der Waals surface area contributed by atoms with E-state index in [1.165, 1.54) is 212 Å². The van der Waals surface area contributed by atoms with Crippen molar-refractivity contribution in [3.63, 3.8) is 0 Å². The highest BCUT2D eigenvalue weighted by molar-refractivity contribution is 7.47. The normalized spacial score (nSPS) is 14.3. The Balaban J connectivity index is 5.13. The minimum absolute atomic E-state index is 0.104. The molecule has 19 heteroatoms. The highest BCUT2D eigenvalue weighted by Gasteiger charge is 2.30. The number of aliphatic hydroxyl groups excluding tert-OH is 1. The quantitative estimate of drug-likeness (QED) is 0.0222. The van der Waals surface area contributed by atoms with Gasteiger partial charge in [-0.25, -0.2) is 9.13 Å². The van der Waals surface area contributed by atoms with E-state index in [0.717, 1.165) is 114 Å². The van der Waals surface area contributed by atoms with Crippen molar-refractivity contribution in [1.82, 2.24) is 0 Å². The molecule has 0 aromatic rings. The minimum Gasteiger partial charge on any atom is -0.462 e. The fourth-order valence-electron chi connectivity index (χ4n) is 12.4. The molecule has 0 radical (unpaired) electrons. The zero-order valence-corrected chi connectivity index (χ0v) is 67.6. The fourth-order valence-corrected chi connectivity index (χ4v) is 14.0. The van der Waals surface area contributed by atoms with Crippen LogP contribution < -0.4 is 0 Å². The Morgan fingerprint density at radius 2 is 0.480 bits per heavy atom. The number of hydrogen-bond acceptors (Lipinski definition) is 15. The van der Waals surface area contributed by atoms with Gasteiger partial charge in [-0.2, -0.15) is 0 Å². The van der Waals surface area contributed by atoms with Gasteiger partial charge in [-0.3, -0.25) is 37.3 Å². The van der Waals surface area contributed by atoms with Crippen LogP contribution in [-0.2, 0) is 65.4 Å². The van der Waals surface area contributed by atoms with Gasteiger partial charge in [0.25, 0.3) is 0 Å². The van der Waals surface area contributed by atoms with Crippen molar-refractivity contribution in [2.75, 3.05) is 39.6 Å². The van der Waals surface area contributed by atoms with Crippen molar-refractivity contribution in [3.05, 3.63) is 0 Å². The van der Waals surface area contributed by atoms with E-state index in [0.29, 0.717) is 31.6 Å². The summed E-state index contributed by atoms with van der Waals surface area (Å²) >= 11 is 0. The molecular formula is C81H158O17P2. The Morgan fingerprint density at radius 3 is 0.710 bits per heavy atom. The molecule has 594 valence electrons. The highest BCUT2D eigenvalue weighted by atomic mass is 31.2. The average Bonchev–Trinajstić information content (AvgIpc) is 0.926. The molecule has 0 aromatic heterocycles. The van der Waals surface area contributed by atoms with Gasteiger partial charge in [0, 0.05) is 25.7 Å². The number of carbonyl (C=O) groups is 4. The maximum Gasteiger partial charge on any atom is 0.472 e. The van der Waals surface area contributed by atoms with Crippen LogP contribution in [0.3, 0.4) is 0 Å². The summed E-state index contributed by atoms with van der Waals surface area (Å²) in [4.78, 5) is 72.9. The lowest BCUT2D eigenvalue weighted by Gasteiger charge is -2.21. The van der Waals surface area contributed by atoms with E-state index >= 15 is 0 Å². The van der Waals surface area contributed by atoms with Crippen LogP contribution in [0, 0.1) is 23.7 Å². The molecule has 0 fully saturated rings. The summed E-state index contributed by atoms with van der Waals surface area (Å²) in [5.74, 6) is 0.956. The fraction of sp³-hybridized carbons (Fsp3) is 0.951. The monoisotopic (exact) mass is 1470 g/mol. The Hall–Kier alpha value is -1.94. The molecule has 0 bridgehead atoms. The lowest BCUT2D eigenvalue weighted by atomic mass is 9.99. The molecule has 0 aliphatic rings. The second-order valence-electron chi connectivity index (χ2n) is 30.8. The van der Waals surface area contributed by atoms with E-state index in [4.69, 9.17) is 37.0 Å². The van der Waals surface area contributed by atoms with Gasteiger partial charge in [-0.05, 0) is 49.4 Å². The topological polar surface area (TPSA) is 237 Å². The average molecular weight is 1470 g/mol. The van der Waals surface area contributed by atoms with Crippen LogP contribution in [0.25, 0.3) is 0 Å². The number of carbonyl (C=O) groups excluding carboxylic acids is 4. The molecule has 0 spiro atoms. The maximum absolute atomic E-state index is 13.1. The Morgan fingerprint density at radius 1 is 0.280 bits per heavy atom. The molecule has 0 heterocycles. The summed E-state index contributed by atoms with van der Waals surface area (Å²) < 4.78 is 68.6. The first kappa shape index (κ1) is 98.1. The lowest BCUT2D eigenvalue weighted by molar-refractivity contribution is -0.161. The van der Waals surface area contributed by atoms with Crippen molar-refractivity contribution < 1.29 is 80.2 Å². The van der Waals surface area contributed by atoms with Gasteiger partial charge in [0.2, 0.25) is 0 Å². The third-order valence-corrected chi connectivity index (χ3v) is 21.1. The third kappa shape index (κ3) is 73.0. The summed E-state index contributed by atoms with van der Waals surface area (Å²) in [6.45, 7) is 14.2. The number of unbranched alkanes of at least 4 members (excludes halogenated alkanes) is 43. The molecule has 17 nitrogen and oxygen atoms in total. The SMILES string of the molecule is CCC(C)CCCCCCCCCCCCCCCCCCCCC(=O)O[C@H](COC(=O)CCCCCCCCC(C)C)COP(=O)(O)OC[C@H](O)COP(=O)(O)OC[C@@H](COC(=O)CCCCCCCCCCCCCCCCCC(C)C)OC(=O)CCCCCCCCCCC(C)C. The van der Waals surface area contributed by atoms with Crippen LogP contribution in [0.1, 0.15) is 415 Å². The number of hydrogen-bond donors (Lipinski definition) is 3. The predicted octanol–water partition coefficient (Wildman–Crippen LogP) is 24.0. The van der Waals surface area contributed by atoms with E-state index in [9.17, 15) is 43.2 Å². The van der Waals surface area contributed by atoms with Crippen molar-refractivity contribution in [1.29, 1.82) is 0 Å². The van der Waals surface area contributed by atoms with Crippen molar-refractivity contribution in [2.24, 2.45) is 23.7 Å². The van der Waals surface area contributed by atoms with Gasteiger partial charge in [-0.1, -0.05) is 364 Å². The first-order valence-electron chi connectivity index (χ1n) is 41.7. The smallest absolute Gasteiger partial charge is 0.462 e. The largest absolute Gasteiger partial charge is 0.472 e. The predicted molar refractivity (Wildman–Crippen MR) is 409 cm³/mol. The molecule has 0 saturated carbocycles. The molecule has 6 atom stereocenters. The van der Waals surface area contributed by atoms with E-state index in [2.05, 4.69) is 55.4 Å². The second kappa shape index (κ2) is 70.1. The first-order valence-corrected chi connectivity index (χ1v) is 44.7. The molecule has 3 unspecified atom stereocenters. The van der Waals surface area contributed by atoms with E-state index in [1.807, 2.05) is 0 Å². The molecule has 0 saturated heterocycles. The van der Waals surface area contributed by atoms with Gasteiger partial charge in [0.05, 0.1) is 26.4 Å². The Bertz CT molecular complexity index is 1960. The molecular weight excluding hydrogens is 1310 g/mol. The van der Waals surface area contributed by atoms with Crippen LogP contribution in [-0.4, -0.2) is 96.7 Å². The van der Waals surface area contributed by atoms with Crippen LogP contribution in [0.15, 0.2) is 0 Å². The van der Waals surface area contributed by atoms with Gasteiger partial charge in [0.1, 0.15) is 19.3 Å². The van der Waals surface area contributed by atoms with Gasteiger partial charge in [-0.15, -0.1) is 0 Å². The van der Waals surface area contributed by atoms with Crippen LogP contribution in [0.4, 0.5) is 0 Å². The number of phosphoric ester groups is 2. The van der Waals surface area contributed by atoms with Crippen LogP contribution >= 0.6 is 15.6 Å². The summed E-state index contributed by atoms with van der Waals surface area (Å²) in [6, 6.07) is 0. The third-order valence-electron chi connectivity index (χ3n) is 19.2. The zero-order chi connectivity index (χ0) is 73.8. The van der Waals surface area contributed by atoms with Crippen molar-refractivity contribution >= 4 is 39.5 Å². The number of aliphatic hydroxyl groups is 1. The highest BCUT2D eigenvalue weighted by Crippen LogP contribution is 2.45. The Kier molecular flexibility index (Phi) is 68.7. The van der Waals surface area contributed by atoms with Gasteiger partial charge >= 0.3 is 39.5 Å². The first-order chi connectivity index (χ1) is 48.1.